The summed E-state index contributed by atoms with van der Waals surface area (Å²) >= 11 is 0. The average molecular weight is 291 g/mol. The van der Waals surface area contributed by atoms with Crippen molar-refractivity contribution in [1.29, 1.82) is 0 Å². The minimum atomic E-state index is -0.0636. The first-order valence-corrected chi connectivity index (χ1v) is 8.25. The minimum Gasteiger partial charge on any atom is -0.349 e. The Bertz CT molecular complexity index is 394. The third-order valence-corrected chi connectivity index (χ3v) is 4.93. The quantitative estimate of drug-likeness (QED) is 0.754. The Balaban J connectivity index is 1.72. The van der Waals surface area contributed by atoms with Crippen LogP contribution in [0.5, 0.6) is 0 Å². The van der Waals surface area contributed by atoms with Gasteiger partial charge >= 0.3 is 0 Å². The van der Waals surface area contributed by atoms with E-state index in [4.69, 9.17) is 0 Å². The van der Waals surface area contributed by atoms with E-state index in [-0.39, 0.29) is 11.6 Å². The molecule has 2 aliphatic rings. The fourth-order valence-electron chi connectivity index (χ4n) is 3.41. The van der Waals surface area contributed by atoms with Crippen LogP contribution in [0, 0.1) is 5.92 Å². The van der Waals surface area contributed by atoms with Crippen molar-refractivity contribution in [1.82, 2.24) is 9.80 Å². The molecule has 0 aromatic carbocycles. The van der Waals surface area contributed by atoms with Crippen LogP contribution in [0.4, 0.5) is 0 Å². The lowest BCUT2D eigenvalue weighted by Gasteiger charge is -2.41. The first-order valence-electron chi connectivity index (χ1n) is 8.25. The second-order valence-corrected chi connectivity index (χ2v) is 6.48. The number of likely N-dealkylation sites (tertiary alicyclic amines) is 1. The molecule has 1 amide bonds. The maximum absolute atomic E-state index is 11.6. The molecule has 2 aliphatic heterocycles. The molecule has 2 rings (SSSR count). The molecule has 0 N–H and O–H groups in total. The molecule has 0 bridgehead atoms. The number of amides is 1. The van der Waals surface area contributed by atoms with E-state index in [1.807, 2.05) is 20.3 Å². The summed E-state index contributed by atoms with van der Waals surface area (Å²) in [5.41, 5.74) is -0.0636. The third-order valence-electron chi connectivity index (χ3n) is 4.93. The molecular formula is C17H29N3O. The normalized spacial score (nSPS) is 26.4. The molecular weight excluding hydrogens is 262 g/mol. The van der Waals surface area contributed by atoms with Gasteiger partial charge in [0.15, 0.2) is 0 Å². The highest BCUT2D eigenvalue weighted by Gasteiger charge is 2.35. The Morgan fingerprint density at radius 2 is 2.10 bits per heavy atom. The van der Waals surface area contributed by atoms with Gasteiger partial charge in [0.2, 0.25) is 5.91 Å². The topological polar surface area (TPSA) is 35.9 Å². The molecule has 1 unspecified atom stereocenters. The number of carbonyl (C=O) groups excluding carboxylic acids is 1. The molecule has 4 nitrogen and oxygen atoms in total. The van der Waals surface area contributed by atoms with Gasteiger partial charge in [-0.25, -0.2) is 0 Å². The predicted molar refractivity (Wildman–Crippen MR) is 87.5 cm³/mol. The maximum Gasteiger partial charge on any atom is 0.222 e. The summed E-state index contributed by atoms with van der Waals surface area (Å²) in [6.45, 7) is 4.47. The predicted octanol–water partition coefficient (Wildman–Crippen LogP) is 2.70. The van der Waals surface area contributed by atoms with Crippen LogP contribution >= 0.6 is 0 Å². The SMILES string of the molecule is CCC1(N2CCC(CCCC(=O)N(C)C)CC2)C=CC=N1. The summed E-state index contributed by atoms with van der Waals surface area (Å²) in [6.07, 6.45) is 12.7. The van der Waals surface area contributed by atoms with E-state index < -0.39 is 0 Å². The van der Waals surface area contributed by atoms with Crippen molar-refractivity contribution in [2.24, 2.45) is 10.9 Å². The Morgan fingerprint density at radius 3 is 2.62 bits per heavy atom. The van der Waals surface area contributed by atoms with Crippen molar-refractivity contribution in [3.05, 3.63) is 12.2 Å². The third kappa shape index (κ3) is 3.94. The van der Waals surface area contributed by atoms with Crippen LogP contribution < -0.4 is 0 Å². The van der Waals surface area contributed by atoms with Gasteiger partial charge in [0.05, 0.1) is 0 Å². The first-order chi connectivity index (χ1) is 10.1. The van der Waals surface area contributed by atoms with Crippen LogP contribution in [0.2, 0.25) is 0 Å². The van der Waals surface area contributed by atoms with E-state index in [2.05, 4.69) is 29.0 Å². The molecule has 0 aromatic heterocycles. The highest BCUT2D eigenvalue weighted by molar-refractivity contribution is 5.75. The summed E-state index contributed by atoms with van der Waals surface area (Å²) < 4.78 is 0. The van der Waals surface area contributed by atoms with Crippen molar-refractivity contribution in [2.45, 2.75) is 51.1 Å². The zero-order valence-electron chi connectivity index (χ0n) is 13.7. The lowest BCUT2D eigenvalue weighted by molar-refractivity contribution is -0.128. The summed E-state index contributed by atoms with van der Waals surface area (Å²) in [4.78, 5) is 20.5. The molecule has 4 heteroatoms. The molecule has 1 atom stereocenters. The van der Waals surface area contributed by atoms with E-state index in [9.17, 15) is 4.79 Å². The number of nitrogens with zero attached hydrogens (tertiary/aromatic N) is 3. The second-order valence-electron chi connectivity index (χ2n) is 6.48. The number of allylic oxidation sites excluding steroid dienone is 1. The monoisotopic (exact) mass is 291 g/mol. The molecule has 0 spiro atoms. The van der Waals surface area contributed by atoms with Gasteiger partial charge in [-0.15, -0.1) is 0 Å². The zero-order chi connectivity index (χ0) is 15.3. The summed E-state index contributed by atoms with van der Waals surface area (Å²) in [7, 11) is 3.67. The molecule has 1 fully saturated rings. The van der Waals surface area contributed by atoms with Crippen molar-refractivity contribution in [3.63, 3.8) is 0 Å². The van der Waals surface area contributed by atoms with E-state index >= 15 is 0 Å². The molecule has 0 aromatic rings. The summed E-state index contributed by atoms with van der Waals surface area (Å²) in [5.74, 6) is 1.03. The zero-order valence-corrected chi connectivity index (χ0v) is 13.7. The summed E-state index contributed by atoms with van der Waals surface area (Å²) in [6, 6.07) is 0. The second kappa shape index (κ2) is 7.21. The van der Waals surface area contributed by atoms with Gasteiger partial charge in [0.1, 0.15) is 5.66 Å². The van der Waals surface area contributed by atoms with E-state index in [1.165, 1.54) is 19.3 Å². The van der Waals surface area contributed by atoms with Crippen LogP contribution in [0.1, 0.15) is 45.4 Å². The van der Waals surface area contributed by atoms with Crippen LogP contribution in [-0.4, -0.2) is 54.8 Å². The smallest absolute Gasteiger partial charge is 0.222 e. The maximum atomic E-state index is 11.6. The van der Waals surface area contributed by atoms with E-state index in [1.54, 1.807) is 4.90 Å². The molecule has 0 radical (unpaired) electrons. The van der Waals surface area contributed by atoms with Crippen molar-refractivity contribution in [3.8, 4) is 0 Å². The fourth-order valence-corrected chi connectivity index (χ4v) is 3.41. The molecule has 21 heavy (non-hydrogen) atoms. The van der Waals surface area contributed by atoms with Crippen LogP contribution in [-0.2, 0) is 4.79 Å². The molecule has 1 saturated heterocycles. The van der Waals surface area contributed by atoms with Gasteiger partial charge in [0.25, 0.3) is 0 Å². The van der Waals surface area contributed by atoms with Gasteiger partial charge in [-0.1, -0.05) is 6.92 Å². The highest BCUT2D eigenvalue weighted by atomic mass is 16.2. The number of aliphatic imine (C=N–C) groups is 1. The average Bonchev–Trinajstić information content (AvgIpc) is 2.98. The van der Waals surface area contributed by atoms with Crippen LogP contribution in [0.3, 0.4) is 0 Å². The van der Waals surface area contributed by atoms with Gasteiger partial charge < -0.3 is 4.90 Å². The van der Waals surface area contributed by atoms with Crippen molar-refractivity contribution in [2.75, 3.05) is 27.2 Å². The first kappa shape index (κ1) is 16.2. The summed E-state index contributed by atoms with van der Waals surface area (Å²) in [5, 5.41) is 0. The Morgan fingerprint density at radius 1 is 1.38 bits per heavy atom. The lowest BCUT2D eigenvalue weighted by Crippen LogP contribution is -2.48. The minimum absolute atomic E-state index is 0.0636. The number of rotatable bonds is 6. The Kier molecular flexibility index (Phi) is 5.57. The largest absolute Gasteiger partial charge is 0.349 e. The fraction of sp³-hybridized carbons (Fsp3) is 0.765. The van der Waals surface area contributed by atoms with E-state index in [0.717, 1.165) is 31.8 Å². The number of piperidine rings is 1. The lowest BCUT2D eigenvalue weighted by atomic mass is 9.89. The molecule has 2 heterocycles. The van der Waals surface area contributed by atoms with Crippen molar-refractivity contribution >= 4 is 12.1 Å². The van der Waals surface area contributed by atoms with E-state index in [0.29, 0.717) is 6.42 Å². The van der Waals surface area contributed by atoms with Gasteiger partial charge in [-0.2, -0.15) is 0 Å². The van der Waals surface area contributed by atoms with Crippen LogP contribution in [0.15, 0.2) is 17.1 Å². The van der Waals surface area contributed by atoms with Gasteiger partial charge in [-0.05, 0) is 50.2 Å². The highest BCUT2D eigenvalue weighted by Crippen LogP contribution is 2.32. The van der Waals surface area contributed by atoms with Gasteiger partial charge in [0, 0.05) is 39.8 Å². The number of hydrogen-bond donors (Lipinski definition) is 0. The Hall–Kier alpha value is -1.16. The standard InChI is InChI=1S/C17H29N3O/c1-4-17(11-6-12-18-17)20-13-9-15(10-14-20)7-5-8-16(21)19(2)3/h6,11-12,15H,4-5,7-10,13-14H2,1-3H3. The number of hydrogen-bond acceptors (Lipinski definition) is 3. The molecule has 0 saturated carbocycles. The molecule has 118 valence electrons. The van der Waals surface area contributed by atoms with Crippen LogP contribution in [0.25, 0.3) is 0 Å². The van der Waals surface area contributed by atoms with Gasteiger partial charge in [-0.3, -0.25) is 14.7 Å². The Labute approximate surface area is 128 Å². The number of carbonyl (C=O) groups is 1. The van der Waals surface area contributed by atoms with Crippen molar-refractivity contribution < 1.29 is 4.79 Å². The molecule has 0 aliphatic carbocycles.